The van der Waals surface area contributed by atoms with Crippen molar-refractivity contribution < 1.29 is 23.2 Å². The van der Waals surface area contributed by atoms with Crippen LogP contribution in [0.1, 0.15) is 78.8 Å². The summed E-state index contributed by atoms with van der Waals surface area (Å²) >= 11 is 0. The molecule has 2 fully saturated rings. The Hall–Kier alpha value is -3.63. The summed E-state index contributed by atoms with van der Waals surface area (Å²) in [4.78, 5) is 48.0. The summed E-state index contributed by atoms with van der Waals surface area (Å²) in [5.74, 6) is -2.97. The normalized spacial score (nSPS) is 21.0. The van der Waals surface area contributed by atoms with Crippen molar-refractivity contribution in [2.75, 3.05) is 12.4 Å². The van der Waals surface area contributed by atoms with Crippen molar-refractivity contribution in [1.82, 2.24) is 25.5 Å². The molecule has 0 radical (unpaired) electrons. The van der Waals surface area contributed by atoms with Crippen LogP contribution in [0.25, 0.3) is 0 Å². The molecule has 0 spiro atoms. The number of benzene rings is 1. The smallest absolute Gasteiger partial charge is 0.255 e. The van der Waals surface area contributed by atoms with Gasteiger partial charge in [-0.25, -0.2) is 18.7 Å². The zero-order valence-corrected chi connectivity index (χ0v) is 20.7. The van der Waals surface area contributed by atoms with Gasteiger partial charge < -0.3 is 20.9 Å². The first-order chi connectivity index (χ1) is 17.1. The van der Waals surface area contributed by atoms with Gasteiger partial charge in [0, 0.05) is 42.7 Å². The zero-order valence-electron chi connectivity index (χ0n) is 20.7. The van der Waals surface area contributed by atoms with E-state index in [-0.39, 0.29) is 28.8 Å². The molecule has 1 saturated carbocycles. The van der Waals surface area contributed by atoms with Crippen LogP contribution in [0.15, 0.2) is 24.5 Å². The molecular formula is C25H30F2N6O3. The van der Waals surface area contributed by atoms with Crippen molar-refractivity contribution >= 4 is 23.7 Å². The van der Waals surface area contributed by atoms with E-state index in [0.29, 0.717) is 18.8 Å². The molecular weight excluding hydrogens is 470 g/mol. The molecule has 36 heavy (non-hydrogen) atoms. The van der Waals surface area contributed by atoms with E-state index in [0.717, 1.165) is 25.0 Å². The molecule has 1 aromatic heterocycles. The maximum absolute atomic E-state index is 15.0. The highest BCUT2D eigenvalue weighted by atomic mass is 19.1. The Labute approximate surface area is 208 Å². The number of carbonyl (C=O) groups excluding carboxylic acids is 3. The van der Waals surface area contributed by atoms with Gasteiger partial charge in [0.25, 0.3) is 11.8 Å². The Kier molecular flexibility index (Phi) is 6.92. The van der Waals surface area contributed by atoms with Gasteiger partial charge in [-0.2, -0.15) is 0 Å². The first-order valence-corrected chi connectivity index (χ1v) is 12.0. The fraction of sp³-hybridized carbons (Fsp3) is 0.480. The topological polar surface area (TPSA) is 116 Å². The maximum Gasteiger partial charge on any atom is 0.255 e. The average molecular weight is 501 g/mol. The molecule has 3 N–H and O–H groups in total. The van der Waals surface area contributed by atoms with Gasteiger partial charge in [-0.05, 0) is 58.6 Å². The molecule has 11 heteroatoms. The second-order valence-electron chi connectivity index (χ2n) is 9.62. The molecule has 2 aromatic rings. The van der Waals surface area contributed by atoms with Gasteiger partial charge in [0.15, 0.2) is 0 Å². The Morgan fingerprint density at radius 1 is 1.03 bits per heavy atom. The summed E-state index contributed by atoms with van der Waals surface area (Å²) in [6.45, 7) is 5.28. The molecule has 3 atom stereocenters. The van der Waals surface area contributed by atoms with Gasteiger partial charge in [-0.1, -0.05) is 0 Å². The van der Waals surface area contributed by atoms with Gasteiger partial charge >= 0.3 is 0 Å². The van der Waals surface area contributed by atoms with Crippen molar-refractivity contribution in [1.29, 1.82) is 0 Å². The molecule has 1 aliphatic heterocycles. The van der Waals surface area contributed by atoms with Crippen LogP contribution in [0, 0.1) is 11.6 Å². The highest BCUT2D eigenvalue weighted by Gasteiger charge is 2.51. The van der Waals surface area contributed by atoms with Gasteiger partial charge in [-0.15, -0.1) is 0 Å². The standard InChI is InChI=1S/C25H30F2N6O3/c1-13-5-6-14(2)33(13)22(35)16-9-18(26)20(19(27)10-16)15(3)31-23(36)25(7-8-25)32-21(34)17-11-29-24(28-4)30-12-17/h9-15H,5-8H2,1-4H3,(H,31,36)(H,32,34)(H,28,29,30)/t13?,14?,15-/m1/s1. The first kappa shape index (κ1) is 25.5. The van der Waals surface area contributed by atoms with Gasteiger partial charge in [0.1, 0.15) is 17.2 Å². The van der Waals surface area contributed by atoms with E-state index in [1.807, 2.05) is 13.8 Å². The number of halogens is 2. The highest BCUT2D eigenvalue weighted by Crippen LogP contribution is 2.37. The van der Waals surface area contributed by atoms with Crippen LogP contribution < -0.4 is 16.0 Å². The van der Waals surface area contributed by atoms with Crippen LogP contribution in [-0.2, 0) is 4.79 Å². The van der Waals surface area contributed by atoms with E-state index in [1.54, 1.807) is 11.9 Å². The molecule has 2 aliphatic rings. The number of rotatable bonds is 7. The third-order valence-electron chi connectivity index (χ3n) is 6.97. The van der Waals surface area contributed by atoms with Gasteiger partial charge in [0.2, 0.25) is 11.9 Å². The predicted molar refractivity (Wildman–Crippen MR) is 128 cm³/mol. The van der Waals surface area contributed by atoms with Crippen LogP contribution in [0.3, 0.4) is 0 Å². The minimum absolute atomic E-state index is 0.00531. The van der Waals surface area contributed by atoms with Crippen molar-refractivity contribution in [3.8, 4) is 0 Å². The minimum Gasteiger partial charge on any atom is -0.357 e. The SMILES string of the molecule is CNc1ncc(C(=O)NC2(C(=O)N[C@H](C)c3c(F)cc(C(=O)N4C(C)CCC4C)cc3F)CC2)cn1. The summed E-state index contributed by atoms with van der Waals surface area (Å²) in [6, 6.07) is 0.998. The van der Waals surface area contributed by atoms with Crippen LogP contribution in [0.5, 0.6) is 0 Å². The largest absolute Gasteiger partial charge is 0.357 e. The molecule has 1 aliphatic carbocycles. The summed E-state index contributed by atoms with van der Waals surface area (Å²) in [5.41, 5.74) is -1.40. The number of hydrogen-bond donors (Lipinski definition) is 3. The van der Waals surface area contributed by atoms with E-state index in [4.69, 9.17) is 0 Å². The summed E-state index contributed by atoms with van der Waals surface area (Å²) < 4.78 is 30.0. The summed E-state index contributed by atoms with van der Waals surface area (Å²) in [5, 5.41) is 8.03. The number of aromatic nitrogens is 2. The Morgan fingerprint density at radius 2 is 1.58 bits per heavy atom. The third kappa shape index (κ3) is 4.87. The number of anilines is 1. The van der Waals surface area contributed by atoms with E-state index < -0.39 is 40.9 Å². The van der Waals surface area contributed by atoms with Crippen molar-refractivity contribution in [2.24, 2.45) is 0 Å². The molecule has 2 unspecified atom stereocenters. The number of nitrogens with one attached hydrogen (secondary N) is 3. The lowest BCUT2D eigenvalue weighted by Crippen LogP contribution is -2.49. The van der Waals surface area contributed by atoms with E-state index >= 15 is 8.78 Å². The lowest BCUT2D eigenvalue weighted by atomic mass is 10.0. The van der Waals surface area contributed by atoms with Crippen LogP contribution in [0.2, 0.25) is 0 Å². The fourth-order valence-corrected chi connectivity index (χ4v) is 4.67. The minimum atomic E-state index is -1.17. The fourth-order valence-electron chi connectivity index (χ4n) is 4.67. The lowest BCUT2D eigenvalue weighted by Gasteiger charge is -2.27. The lowest BCUT2D eigenvalue weighted by molar-refractivity contribution is -0.124. The molecule has 3 amide bonds. The summed E-state index contributed by atoms with van der Waals surface area (Å²) in [7, 11) is 1.64. The molecule has 1 aromatic carbocycles. The van der Waals surface area contributed by atoms with Crippen LogP contribution in [-0.4, -0.2) is 57.3 Å². The first-order valence-electron chi connectivity index (χ1n) is 12.0. The second kappa shape index (κ2) is 9.79. The molecule has 9 nitrogen and oxygen atoms in total. The van der Waals surface area contributed by atoms with Gasteiger partial charge in [0.05, 0.1) is 11.6 Å². The van der Waals surface area contributed by atoms with Crippen molar-refractivity contribution in [3.05, 3.63) is 52.9 Å². The van der Waals surface area contributed by atoms with E-state index in [2.05, 4.69) is 25.9 Å². The number of hydrogen-bond acceptors (Lipinski definition) is 6. The van der Waals surface area contributed by atoms with Crippen molar-refractivity contribution in [3.63, 3.8) is 0 Å². The predicted octanol–water partition coefficient (Wildman–Crippen LogP) is 2.95. The summed E-state index contributed by atoms with van der Waals surface area (Å²) in [6.07, 6.45) is 5.12. The Balaban J connectivity index is 1.45. The van der Waals surface area contributed by atoms with Gasteiger partial charge in [-0.3, -0.25) is 14.4 Å². The zero-order chi connectivity index (χ0) is 26.2. The third-order valence-corrected chi connectivity index (χ3v) is 6.97. The molecule has 2 heterocycles. The van der Waals surface area contributed by atoms with Crippen LogP contribution >= 0.6 is 0 Å². The number of likely N-dealkylation sites (tertiary alicyclic amines) is 1. The monoisotopic (exact) mass is 500 g/mol. The van der Waals surface area contributed by atoms with E-state index in [1.165, 1.54) is 19.3 Å². The Morgan fingerprint density at radius 3 is 2.08 bits per heavy atom. The van der Waals surface area contributed by atoms with E-state index in [9.17, 15) is 14.4 Å². The molecule has 4 rings (SSSR count). The number of amides is 3. The molecule has 192 valence electrons. The molecule has 1 saturated heterocycles. The Bertz CT molecular complexity index is 1150. The van der Waals surface area contributed by atoms with Crippen molar-refractivity contribution in [2.45, 2.75) is 70.1 Å². The number of nitrogens with zero attached hydrogens (tertiary/aromatic N) is 3. The molecule has 0 bridgehead atoms. The second-order valence-corrected chi connectivity index (χ2v) is 9.62. The van der Waals surface area contributed by atoms with Crippen LogP contribution in [0.4, 0.5) is 14.7 Å². The maximum atomic E-state index is 15.0. The average Bonchev–Trinajstić information content (AvgIpc) is 3.55. The quantitative estimate of drug-likeness (QED) is 0.538. The highest BCUT2D eigenvalue weighted by molar-refractivity contribution is 6.00. The number of carbonyl (C=O) groups is 3.